The first-order valence-corrected chi connectivity index (χ1v) is 6.39. The topological polar surface area (TPSA) is 56.8 Å². The van der Waals surface area contributed by atoms with E-state index in [0.717, 1.165) is 17.9 Å². The molecular formula is C14H18BNO3. The second kappa shape index (κ2) is 6.56. The molecule has 0 spiro atoms. The molecule has 1 aromatic carbocycles. The van der Waals surface area contributed by atoms with Gasteiger partial charge in [0.1, 0.15) is 5.76 Å². The number of benzene rings is 1. The molecule has 0 fully saturated rings. The van der Waals surface area contributed by atoms with Gasteiger partial charge in [-0.3, -0.25) is 4.90 Å². The van der Waals surface area contributed by atoms with Crippen molar-refractivity contribution in [2.24, 2.45) is 0 Å². The van der Waals surface area contributed by atoms with Crippen LogP contribution in [0.5, 0.6) is 0 Å². The Morgan fingerprint density at radius 1 is 1.11 bits per heavy atom. The van der Waals surface area contributed by atoms with Gasteiger partial charge in [-0.05, 0) is 29.7 Å². The van der Waals surface area contributed by atoms with Crippen molar-refractivity contribution in [3.63, 3.8) is 0 Å². The van der Waals surface area contributed by atoms with Gasteiger partial charge in [0.25, 0.3) is 0 Å². The third-order valence-electron chi connectivity index (χ3n) is 3.13. The van der Waals surface area contributed by atoms with Crippen LogP contribution in [-0.2, 0) is 13.1 Å². The molecule has 0 aliphatic carbocycles. The van der Waals surface area contributed by atoms with Crippen molar-refractivity contribution >= 4 is 12.6 Å². The van der Waals surface area contributed by atoms with Crippen molar-refractivity contribution in [1.29, 1.82) is 0 Å². The second-order valence-corrected chi connectivity index (χ2v) is 4.46. The molecule has 4 nitrogen and oxygen atoms in total. The lowest BCUT2D eigenvalue weighted by Gasteiger charge is -2.20. The summed E-state index contributed by atoms with van der Waals surface area (Å²) in [6.45, 7) is 4.29. The van der Waals surface area contributed by atoms with Gasteiger partial charge in [0.05, 0.1) is 12.8 Å². The van der Waals surface area contributed by atoms with Gasteiger partial charge in [-0.2, -0.15) is 0 Å². The zero-order valence-corrected chi connectivity index (χ0v) is 11.0. The SMILES string of the molecule is CCN(Cc1ccco1)Cc1ccccc1B(O)O. The lowest BCUT2D eigenvalue weighted by atomic mass is 9.77. The summed E-state index contributed by atoms with van der Waals surface area (Å²) >= 11 is 0. The van der Waals surface area contributed by atoms with Crippen molar-refractivity contribution in [2.45, 2.75) is 20.0 Å². The Morgan fingerprint density at radius 3 is 2.53 bits per heavy atom. The molecule has 0 atom stereocenters. The molecule has 2 N–H and O–H groups in total. The summed E-state index contributed by atoms with van der Waals surface area (Å²) in [5.41, 5.74) is 1.48. The summed E-state index contributed by atoms with van der Waals surface area (Å²) in [4.78, 5) is 2.18. The van der Waals surface area contributed by atoms with E-state index in [1.54, 1.807) is 18.4 Å². The molecule has 0 aliphatic heterocycles. The second-order valence-electron chi connectivity index (χ2n) is 4.46. The molecule has 0 unspecified atom stereocenters. The Balaban J connectivity index is 2.10. The highest BCUT2D eigenvalue weighted by Gasteiger charge is 2.17. The minimum atomic E-state index is -1.43. The first kappa shape index (κ1) is 13.9. The fraction of sp³-hybridized carbons (Fsp3) is 0.286. The van der Waals surface area contributed by atoms with E-state index in [1.165, 1.54) is 0 Å². The highest BCUT2D eigenvalue weighted by Crippen LogP contribution is 2.09. The van der Waals surface area contributed by atoms with E-state index in [2.05, 4.69) is 11.8 Å². The van der Waals surface area contributed by atoms with Gasteiger partial charge in [-0.15, -0.1) is 0 Å². The van der Waals surface area contributed by atoms with Gasteiger partial charge in [0.15, 0.2) is 0 Å². The molecule has 0 amide bonds. The van der Waals surface area contributed by atoms with E-state index in [0.29, 0.717) is 18.6 Å². The average Bonchev–Trinajstić information content (AvgIpc) is 2.91. The molecule has 2 aromatic rings. The molecule has 2 rings (SSSR count). The van der Waals surface area contributed by atoms with Crippen LogP contribution in [0, 0.1) is 0 Å². The summed E-state index contributed by atoms with van der Waals surface area (Å²) in [6, 6.07) is 11.2. The van der Waals surface area contributed by atoms with Crippen molar-refractivity contribution in [3.8, 4) is 0 Å². The number of furan rings is 1. The van der Waals surface area contributed by atoms with Crippen LogP contribution in [0.2, 0.25) is 0 Å². The standard InChI is InChI=1S/C14H18BNO3/c1-2-16(11-13-7-5-9-19-13)10-12-6-3-4-8-14(12)15(17)18/h3-9,17-18H,2,10-11H2,1H3. The van der Waals surface area contributed by atoms with Gasteiger partial charge in [0, 0.05) is 6.54 Å². The minimum Gasteiger partial charge on any atom is -0.468 e. The maximum Gasteiger partial charge on any atom is 0.488 e. The Morgan fingerprint density at radius 2 is 1.89 bits per heavy atom. The molecule has 0 aliphatic rings. The van der Waals surface area contributed by atoms with Gasteiger partial charge in [0.2, 0.25) is 0 Å². The fourth-order valence-corrected chi connectivity index (χ4v) is 2.07. The molecule has 0 radical (unpaired) electrons. The number of rotatable bonds is 6. The summed E-state index contributed by atoms with van der Waals surface area (Å²) in [5.74, 6) is 0.906. The zero-order valence-electron chi connectivity index (χ0n) is 11.0. The summed E-state index contributed by atoms with van der Waals surface area (Å²) in [6.07, 6.45) is 1.66. The van der Waals surface area contributed by atoms with Crippen LogP contribution in [0.1, 0.15) is 18.2 Å². The van der Waals surface area contributed by atoms with Crippen molar-refractivity contribution in [3.05, 3.63) is 54.0 Å². The molecule has 19 heavy (non-hydrogen) atoms. The average molecular weight is 259 g/mol. The molecular weight excluding hydrogens is 241 g/mol. The third-order valence-corrected chi connectivity index (χ3v) is 3.13. The Hall–Kier alpha value is -1.56. The van der Waals surface area contributed by atoms with E-state index in [-0.39, 0.29) is 0 Å². The Bertz CT molecular complexity index is 499. The largest absolute Gasteiger partial charge is 0.488 e. The highest BCUT2D eigenvalue weighted by atomic mass is 16.4. The molecule has 5 heteroatoms. The lowest BCUT2D eigenvalue weighted by Crippen LogP contribution is -2.35. The van der Waals surface area contributed by atoms with Gasteiger partial charge < -0.3 is 14.5 Å². The van der Waals surface area contributed by atoms with E-state index < -0.39 is 7.12 Å². The molecule has 0 bridgehead atoms. The predicted molar refractivity (Wildman–Crippen MR) is 74.8 cm³/mol. The van der Waals surface area contributed by atoms with Crippen LogP contribution in [0.15, 0.2) is 47.1 Å². The van der Waals surface area contributed by atoms with Crippen LogP contribution in [0.25, 0.3) is 0 Å². The smallest absolute Gasteiger partial charge is 0.468 e. The van der Waals surface area contributed by atoms with Gasteiger partial charge >= 0.3 is 7.12 Å². The van der Waals surface area contributed by atoms with Crippen LogP contribution in [-0.4, -0.2) is 28.6 Å². The Kier molecular flexibility index (Phi) is 4.79. The molecule has 1 aromatic heterocycles. The predicted octanol–water partition coefficient (Wildman–Crippen LogP) is 0.981. The summed E-state index contributed by atoms with van der Waals surface area (Å²) in [5, 5.41) is 18.7. The monoisotopic (exact) mass is 259 g/mol. The maximum atomic E-state index is 9.37. The summed E-state index contributed by atoms with van der Waals surface area (Å²) < 4.78 is 5.34. The minimum absolute atomic E-state index is 0.556. The fourth-order valence-electron chi connectivity index (χ4n) is 2.07. The van der Waals surface area contributed by atoms with Gasteiger partial charge in [-0.1, -0.05) is 31.2 Å². The van der Waals surface area contributed by atoms with Crippen molar-refractivity contribution in [1.82, 2.24) is 4.90 Å². The van der Waals surface area contributed by atoms with E-state index in [9.17, 15) is 10.0 Å². The van der Waals surface area contributed by atoms with E-state index in [1.807, 2.05) is 24.3 Å². The first-order valence-electron chi connectivity index (χ1n) is 6.39. The lowest BCUT2D eigenvalue weighted by molar-refractivity contribution is 0.248. The Labute approximate surface area is 113 Å². The third kappa shape index (κ3) is 3.70. The number of hydrogen-bond donors (Lipinski definition) is 2. The van der Waals surface area contributed by atoms with Crippen LogP contribution < -0.4 is 5.46 Å². The van der Waals surface area contributed by atoms with Crippen LogP contribution >= 0.6 is 0 Å². The van der Waals surface area contributed by atoms with Crippen molar-refractivity contribution in [2.75, 3.05) is 6.54 Å². The zero-order chi connectivity index (χ0) is 13.7. The summed E-state index contributed by atoms with van der Waals surface area (Å²) in [7, 11) is -1.43. The van der Waals surface area contributed by atoms with Crippen LogP contribution in [0.3, 0.4) is 0 Å². The van der Waals surface area contributed by atoms with Gasteiger partial charge in [-0.25, -0.2) is 0 Å². The quantitative estimate of drug-likeness (QED) is 0.759. The van der Waals surface area contributed by atoms with E-state index in [4.69, 9.17) is 4.42 Å². The molecule has 0 saturated heterocycles. The molecule has 1 heterocycles. The molecule has 100 valence electrons. The number of hydrogen-bond acceptors (Lipinski definition) is 4. The van der Waals surface area contributed by atoms with Crippen LogP contribution in [0.4, 0.5) is 0 Å². The normalized spacial score (nSPS) is 10.9. The highest BCUT2D eigenvalue weighted by molar-refractivity contribution is 6.59. The van der Waals surface area contributed by atoms with E-state index >= 15 is 0 Å². The van der Waals surface area contributed by atoms with Crippen molar-refractivity contribution < 1.29 is 14.5 Å². The molecule has 0 saturated carbocycles. The maximum absolute atomic E-state index is 9.37. The first-order chi connectivity index (χ1) is 9.20. The number of nitrogens with zero attached hydrogens (tertiary/aromatic N) is 1.